The molecule has 0 saturated heterocycles. The normalized spacial score (nSPS) is 10.0. The molecule has 0 aliphatic carbocycles. The fourth-order valence-electron chi connectivity index (χ4n) is 0.115. The average molecular weight is 216 g/mol. The first-order valence-electron chi connectivity index (χ1n) is 3.41. The molecule has 0 aliphatic heterocycles. The van der Waals surface area contributed by atoms with Gasteiger partial charge >= 0.3 is 0 Å². The molecule has 0 spiro atoms. The largest absolute Gasteiger partial charge is 0.395 e. The predicted octanol–water partition coefficient (Wildman–Crippen LogP) is -1.46. The molecule has 0 radical (unpaired) electrons. The van der Waals surface area contributed by atoms with Crippen LogP contribution in [0.3, 0.4) is 0 Å². The van der Waals surface area contributed by atoms with Crippen molar-refractivity contribution >= 4 is 25.3 Å². The Morgan fingerprint density at radius 2 is 0.833 bits per heavy atom. The number of hydrogen-bond acceptors (Lipinski definition) is 6. The second kappa shape index (κ2) is 11.5. The quantitative estimate of drug-likeness (QED) is 0.325. The molecule has 4 N–H and O–H groups in total. The van der Waals surface area contributed by atoms with Crippen molar-refractivity contribution in [3.8, 4) is 0 Å². The monoisotopic (exact) mass is 216 g/mol. The average Bonchev–Trinajstić information content (AvgIpc) is 2.16. The second-order valence-electron chi connectivity index (χ2n) is 2.04. The van der Waals surface area contributed by atoms with E-state index in [1.165, 1.54) is 0 Å². The van der Waals surface area contributed by atoms with Gasteiger partial charge in [-0.2, -0.15) is 25.3 Å². The molecule has 0 aromatic rings. The molecule has 4 nitrogen and oxygen atoms in total. The number of aliphatic hydroxyl groups excluding tert-OH is 4. The highest BCUT2D eigenvalue weighted by Crippen LogP contribution is 1.87. The van der Waals surface area contributed by atoms with Gasteiger partial charge in [-0.3, -0.25) is 0 Å². The zero-order valence-electron chi connectivity index (χ0n) is 6.67. The summed E-state index contributed by atoms with van der Waals surface area (Å²) in [5, 5.41) is 31.9. The molecule has 0 atom stereocenters. The second-order valence-corrected chi connectivity index (χ2v) is 3.50. The first-order chi connectivity index (χ1) is 5.62. The highest BCUT2D eigenvalue weighted by Gasteiger charge is 1.93. The summed E-state index contributed by atoms with van der Waals surface area (Å²) in [6, 6.07) is 0. The minimum absolute atomic E-state index is 0.0559. The molecule has 76 valence electrons. The minimum atomic E-state index is -0.259. The van der Waals surface area contributed by atoms with Gasteiger partial charge in [-0.1, -0.05) is 0 Å². The minimum Gasteiger partial charge on any atom is -0.395 e. The Morgan fingerprint density at radius 3 is 0.833 bits per heavy atom. The molecule has 0 aromatic heterocycles. The van der Waals surface area contributed by atoms with E-state index in [0.29, 0.717) is 0 Å². The third-order valence-electron chi connectivity index (χ3n) is 0.843. The van der Waals surface area contributed by atoms with Gasteiger partial charge in [0.05, 0.1) is 26.4 Å². The van der Waals surface area contributed by atoms with Crippen molar-refractivity contribution in [2.24, 2.45) is 0 Å². The maximum Gasteiger partial charge on any atom is 0.0569 e. The van der Waals surface area contributed by atoms with Crippen molar-refractivity contribution in [1.29, 1.82) is 0 Å². The summed E-state index contributed by atoms with van der Waals surface area (Å²) in [7, 11) is 0. The standard InChI is InChI=1S/2C3H8O2S/c2*4-1-3(6)2-5/h2*3-6H,1-2H2. The van der Waals surface area contributed by atoms with Crippen molar-refractivity contribution in [2.45, 2.75) is 10.5 Å². The van der Waals surface area contributed by atoms with Crippen LogP contribution in [0.5, 0.6) is 0 Å². The van der Waals surface area contributed by atoms with E-state index in [1.807, 2.05) is 0 Å². The molecule has 0 saturated carbocycles. The summed E-state index contributed by atoms with van der Waals surface area (Å²) in [4.78, 5) is 0. The number of rotatable bonds is 4. The van der Waals surface area contributed by atoms with Crippen LogP contribution in [0.1, 0.15) is 0 Å². The van der Waals surface area contributed by atoms with E-state index in [9.17, 15) is 0 Å². The van der Waals surface area contributed by atoms with E-state index in [0.717, 1.165) is 0 Å². The Bertz CT molecular complexity index is 65.9. The number of thiol groups is 2. The summed E-state index contributed by atoms with van der Waals surface area (Å²) < 4.78 is 0. The Kier molecular flexibility index (Phi) is 14.5. The van der Waals surface area contributed by atoms with Crippen LogP contribution in [0.15, 0.2) is 0 Å². The Hall–Kier alpha value is 0.540. The van der Waals surface area contributed by atoms with E-state index < -0.39 is 0 Å². The lowest BCUT2D eigenvalue weighted by atomic mass is 10.5. The van der Waals surface area contributed by atoms with E-state index in [-0.39, 0.29) is 36.9 Å². The zero-order valence-corrected chi connectivity index (χ0v) is 8.46. The molecule has 0 rings (SSSR count). The molecule has 0 heterocycles. The van der Waals surface area contributed by atoms with Crippen LogP contribution in [-0.2, 0) is 0 Å². The van der Waals surface area contributed by atoms with Crippen LogP contribution < -0.4 is 0 Å². The van der Waals surface area contributed by atoms with Gasteiger partial charge < -0.3 is 20.4 Å². The van der Waals surface area contributed by atoms with Crippen molar-refractivity contribution in [3.05, 3.63) is 0 Å². The number of aliphatic hydroxyl groups is 4. The number of hydrogen-bond donors (Lipinski definition) is 6. The van der Waals surface area contributed by atoms with Crippen LogP contribution in [-0.4, -0.2) is 57.4 Å². The van der Waals surface area contributed by atoms with Crippen LogP contribution in [0, 0.1) is 0 Å². The molecule has 0 aromatic carbocycles. The topological polar surface area (TPSA) is 80.9 Å². The Balaban J connectivity index is 0. The highest BCUT2D eigenvalue weighted by atomic mass is 32.1. The van der Waals surface area contributed by atoms with Crippen molar-refractivity contribution in [2.75, 3.05) is 26.4 Å². The van der Waals surface area contributed by atoms with E-state index >= 15 is 0 Å². The van der Waals surface area contributed by atoms with Gasteiger partial charge in [0.1, 0.15) is 0 Å². The van der Waals surface area contributed by atoms with Gasteiger partial charge in [0, 0.05) is 10.5 Å². The van der Waals surface area contributed by atoms with Crippen LogP contribution in [0.4, 0.5) is 0 Å². The van der Waals surface area contributed by atoms with Gasteiger partial charge in [0.25, 0.3) is 0 Å². The molecular formula is C6H16O4S2. The first kappa shape index (κ1) is 15.0. The third kappa shape index (κ3) is 13.2. The predicted molar refractivity (Wildman–Crippen MR) is 53.9 cm³/mol. The molecule has 0 aliphatic rings. The van der Waals surface area contributed by atoms with E-state index in [1.54, 1.807) is 0 Å². The fourth-order valence-corrected chi connectivity index (χ4v) is 0.115. The molecule has 6 heteroatoms. The van der Waals surface area contributed by atoms with Gasteiger partial charge in [0.15, 0.2) is 0 Å². The summed E-state index contributed by atoms with van der Waals surface area (Å²) in [5.74, 6) is 0. The Morgan fingerprint density at radius 1 is 0.667 bits per heavy atom. The fraction of sp³-hybridized carbons (Fsp3) is 1.00. The molecule has 0 bridgehead atoms. The van der Waals surface area contributed by atoms with Crippen molar-refractivity contribution in [3.63, 3.8) is 0 Å². The maximum absolute atomic E-state index is 8.10. The lowest BCUT2D eigenvalue weighted by Gasteiger charge is -1.96. The SMILES string of the molecule is OCC(S)CO.OCC(S)CO. The first-order valence-corrected chi connectivity index (χ1v) is 4.45. The molecule has 0 amide bonds. The summed E-state index contributed by atoms with van der Waals surface area (Å²) in [5.41, 5.74) is 0. The van der Waals surface area contributed by atoms with E-state index in [4.69, 9.17) is 20.4 Å². The molecule has 0 fully saturated rings. The van der Waals surface area contributed by atoms with Gasteiger partial charge in [0.2, 0.25) is 0 Å². The molecular weight excluding hydrogens is 200 g/mol. The third-order valence-corrected chi connectivity index (χ3v) is 1.50. The van der Waals surface area contributed by atoms with Crippen LogP contribution in [0.2, 0.25) is 0 Å². The Labute approximate surface area is 83.1 Å². The van der Waals surface area contributed by atoms with Crippen LogP contribution in [0.25, 0.3) is 0 Å². The van der Waals surface area contributed by atoms with Gasteiger partial charge in [-0.15, -0.1) is 0 Å². The maximum atomic E-state index is 8.10. The summed E-state index contributed by atoms with van der Waals surface area (Å²) >= 11 is 7.46. The lowest BCUT2D eigenvalue weighted by molar-refractivity contribution is 0.229. The highest BCUT2D eigenvalue weighted by molar-refractivity contribution is 7.81. The van der Waals surface area contributed by atoms with Crippen molar-refractivity contribution < 1.29 is 20.4 Å². The summed E-state index contributed by atoms with van der Waals surface area (Å²) in [6.45, 7) is -0.224. The van der Waals surface area contributed by atoms with Crippen LogP contribution >= 0.6 is 25.3 Å². The zero-order chi connectivity index (χ0) is 9.98. The lowest BCUT2D eigenvalue weighted by Crippen LogP contribution is -2.08. The van der Waals surface area contributed by atoms with Crippen molar-refractivity contribution in [1.82, 2.24) is 0 Å². The molecule has 12 heavy (non-hydrogen) atoms. The summed E-state index contributed by atoms with van der Waals surface area (Å²) in [6.07, 6.45) is 0. The van der Waals surface area contributed by atoms with Gasteiger partial charge in [-0.05, 0) is 0 Å². The molecule has 0 unspecified atom stereocenters. The van der Waals surface area contributed by atoms with E-state index in [2.05, 4.69) is 25.3 Å². The smallest absolute Gasteiger partial charge is 0.0569 e. The van der Waals surface area contributed by atoms with Gasteiger partial charge in [-0.25, -0.2) is 0 Å².